The summed E-state index contributed by atoms with van der Waals surface area (Å²) in [4.78, 5) is 24.3. The molecule has 3 heterocycles. The van der Waals surface area contributed by atoms with E-state index < -0.39 is 0 Å². The monoisotopic (exact) mass is 473 g/mol. The van der Waals surface area contributed by atoms with Gasteiger partial charge in [0.05, 0.1) is 30.5 Å². The highest BCUT2D eigenvalue weighted by atomic mass is 35.5. The molecular weight excluding hydrogens is 450 g/mol. The molecule has 2 N–H and O–H groups in total. The molecule has 0 fully saturated rings. The molecule has 0 saturated heterocycles. The summed E-state index contributed by atoms with van der Waals surface area (Å²) in [7, 11) is 1.56. The summed E-state index contributed by atoms with van der Waals surface area (Å²) in [6.07, 6.45) is 2.52. The Labute approximate surface area is 202 Å². The van der Waals surface area contributed by atoms with Crippen LogP contribution in [0.2, 0.25) is 5.02 Å². The predicted molar refractivity (Wildman–Crippen MR) is 135 cm³/mol. The average molecular weight is 474 g/mol. The summed E-state index contributed by atoms with van der Waals surface area (Å²) in [5.41, 5.74) is 4.62. The van der Waals surface area contributed by atoms with E-state index in [1.807, 2.05) is 36.4 Å². The van der Waals surface area contributed by atoms with Crippen LogP contribution in [-0.4, -0.2) is 41.0 Å². The van der Waals surface area contributed by atoms with Crippen LogP contribution in [0.1, 0.15) is 11.3 Å². The van der Waals surface area contributed by atoms with Crippen LogP contribution in [0.5, 0.6) is 5.75 Å². The van der Waals surface area contributed by atoms with Gasteiger partial charge in [-0.3, -0.25) is 14.7 Å². The fourth-order valence-corrected chi connectivity index (χ4v) is 4.43. The lowest BCUT2D eigenvalue weighted by atomic mass is 9.99. The van der Waals surface area contributed by atoms with Gasteiger partial charge in [0.1, 0.15) is 11.6 Å². The Hall–Kier alpha value is -3.68. The zero-order valence-corrected chi connectivity index (χ0v) is 19.5. The van der Waals surface area contributed by atoms with Crippen LogP contribution in [0.3, 0.4) is 0 Å². The second-order valence-electron chi connectivity index (χ2n) is 8.12. The number of fused-ring (bicyclic) bond motifs is 2. The molecule has 5 rings (SSSR count). The minimum Gasteiger partial charge on any atom is -0.495 e. The molecule has 4 aromatic rings. The van der Waals surface area contributed by atoms with Gasteiger partial charge in [-0.15, -0.1) is 0 Å². The summed E-state index contributed by atoms with van der Waals surface area (Å²) < 4.78 is 5.34. The van der Waals surface area contributed by atoms with Crippen molar-refractivity contribution in [1.29, 1.82) is 0 Å². The summed E-state index contributed by atoms with van der Waals surface area (Å²) in [5, 5.41) is 7.99. The fraction of sp³-hybridized carbons (Fsp3) is 0.192. The smallest absolute Gasteiger partial charge is 0.238 e. The van der Waals surface area contributed by atoms with Gasteiger partial charge in [0.2, 0.25) is 5.91 Å². The van der Waals surface area contributed by atoms with E-state index in [4.69, 9.17) is 21.3 Å². The molecule has 1 aliphatic rings. The number of nitrogens with one attached hydrogen (secondary N) is 2. The predicted octanol–water partition coefficient (Wildman–Crippen LogP) is 5.03. The summed E-state index contributed by atoms with van der Waals surface area (Å²) in [5.74, 6) is 1.21. The van der Waals surface area contributed by atoms with Crippen molar-refractivity contribution < 1.29 is 9.53 Å². The van der Waals surface area contributed by atoms with Gasteiger partial charge in [0.25, 0.3) is 0 Å². The van der Waals surface area contributed by atoms with Crippen molar-refractivity contribution in [3.8, 4) is 5.75 Å². The Bertz CT molecular complexity index is 1350. The van der Waals surface area contributed by atoms with E-state index >= 15 is 0 Å². The molecule has 2 aromatic carbocycles. The number of nitrogens with zero attached hydrogens (tertiary/aromatic N) is 3. The lowest BCUT2D eigenvalue weighted by Crippen LogP contribution is -2.37. The Balaban J connectivity index is 1.40. The van der Waals surface area contributed by atoms with Crippen LogP contribution in [0.15, 0.2) is 66.9 Å². The quantitative estimate of drug-likeness (QED) is 0.409. The van der Waals surface area contributed by atoms with Gasteiger partial charge in [-0.25, -0.2) is 4.98 Å². The molecular formula is C26H24ClN5O2. The third kappa shape index (κ3) is 4.66. The second kappa shape index (κ2) is 9.67. The maximum atomic E-state index is 12.9. The lowest BCUT2D eigenvalue weighted by molar-refractivity contribution is -0.117. The standard InChI is InChI=1S/C26H24ClN5O2/c1-34-23-10-9-17(27)14-22(23)30-25(33)16-32-13-11-21-19(15-32)26(31-24-8-4-5-12-28-24)18-6-2-3-7-20(18)29-21/h2-10,12,14H,11,13,15-16H2,1H3,(H,30,33)(H,28,29,31). The minimum atomic E-state index is -0.128. The molecule has 1 amide bonds. The molecule has 1 aliphatic heterocycles. The zero-order chi connectivity index (χ0) is 23.5. The number of aromatic nitrogens is 2. The van der Waals surface area contributed by atoms with Crippen LogP contribution in [0, 0.1) is 0 Å². The SMILES string of the molecule is COc1ccc(Cl)cc1NC(=O)CN1CCc2nc3ccccc3c(Nc3ccccn3)c2C1. The second-order valence-corrected chi connectivity index (χ2v) is 8.56. The van der Waals surface area contributed by atoms with Gasteiger partial charge < -0.3 is 15.4 Å². The van der Waals surface area contributed by atoms with Crippen LogP contribution in [0.25, 0.3) is 10.9 Å². The van der Waals surface area contributed by atoms with E-state index in [1.54, 1.807) is 31.5 Å². The number of hydrogen-bond acceptors (Lipinski definition) is 6. The number of anilines is 3. The molecule has 0 spiro atoms. The highest BCUT2D eigenvalue weighted by Gasteiger charge is 2.24. The number of ether oxygens (including phenoxy) is 1. The number of benzene rings is 2. The van der Waals surface area contributed by atoms with E-state index in [0.717, 1.165) is 46.6 Å². The number of rotatable bonds is 6. The lowest BCUT2D eigenvalue weighted by Gasteiger charge is -2.30. The van der Waals surface area contributed by atoms with Crippen molar-refractivity contribution in [3.63, 3.8) is 0 Å². The highest BCUT2D eigenvalue weighted by Crippen LogP contribution is 2.34. The molecule has 0 unspecified atom stereocenters. The van der Waals surface area contributed by atoms with Gasteiger partial charge in [-0.1, -0.05) is 35.9 Å². The number of para-hydroxylation sites is 1. The van der Waals surface area contributed by atoms with E-state index in [9.17, 15) is 4.79 Å². The minimum absolute atomic E-state index is 0.128. The molecule has 172 valence electrons. The van der Waals surface area contributed by atoms with E-state index in [-0.39, 0.29) is 12.5 Å². The van der Waals surface area contributed by atoms with E-state index in [1.165, 1.54) is 0 Å². The van der Waals surface area contributed by atoms with Crippen LogP contribution < -0.4 is 15.4 Å². The van der Waals surface area contributed by atoms with Crippen molar-refractivity contribution in [2.24, 2.45) is 0 Å². The van der Waals surface area contributed by atoms with Gasteiger partial charge in [-0.05, 0) is 36.4 Å². The Kier molecular flexibility index (Phi) is 6.29. The van der Waals surface area contributed by atoms with Gasteiger partial charge in [-0.2, -0.15) is 0 Å². The topological polar surface area (TPSA) is 79.4 Å². The fourth-order valence-electron chi connectivity index (χ4n) is 4.26. The first-order chi connectivity index (χ1) is 16.6. The Morgan fingerprint density at radius 2 is 2.00 bits per heavy atom. The number of carbonyl (C=O) groups is 1. The van der Waals surface area contributed by atoms with Gasteiger partial charge >= 0.3 is 0 Å². The first kappa shape index (κ1) is 22.1. The van der Waals surface area contributed by atoms with Crippen molar-refractivity contribution >= 4 is 45.6 Å². The average Bonchev–Trinajstić information content (AvgIpc) is 2.85. The molecule has 0 bridgehead atoms. The number of amides is 1. The first-order valence-corrected chi connectivity index (χ1v) is 11.4. The third-order valence-electron chi connectivity index (χ3n) is 5.85. The number of pyridine rings is 2. The molecule has 0 atom stereocenters. The van der Waals surface area contributed by atoms with Crippen molar-refractivity contribution in [2.45, 2.75) is 13.0 Å². The van der Waals surface area contributed by atoms with Crippen molar-refractivity contribution in [1.82, 2.24) is 14.9 Å². The van der Waals surface area contributed by atoms with E-state index in [0.29, 0.717) is 23.0 Å². The van der Waals surface area contributed by atoms with Crippen LogP contribution in [-0.2, 0) is 17.8 Å². The number of halogens is 1. The molecule has 7 nitrogen and oxygen atoms in total. The Morgan fingerprint density at radius 1 is 1.15 bits per heavy atom. The summed E-state index contributed by atoms with van der Waals surface area (Å²) >= 11 is 6.10. The van der Waals surface area contributed by atoms with Crippen molar-refractivity contribution in [2.75, 3.05) is 30.8 Å². The van der Waals surface area contributed by atoms with Crippen LogP contribution >= 0.6 is 11.6 Å². The number of methoxy groups -OCH3 is 1. The Morgan fingerprint density at radius 3 is 2.82 bits per heavy atom. The summed E-state index contributed by atoms with van der Waals surface area (Å²) in [6, 6.07) is 19.0. The van der Waals surface area contributed by atoms with Gasteiger partial charge in [0, 0.05) is 47.4 Å². The van der Waals surface area contributed by atoms with E-state index in [2.05, 4.69) is 26.6 Å². The molecule has 0 aliphatic carbocycles. The molecule has 2 aromatic heterocycles. The largest absolute Gasteiger partial charge is 0.495 e. The maximum absolute atomic E-state index is 12.9. The third-order valence-corrected chi connectivity index (χ3v) is 6.08. The molecule has 8 heteroatoms. The zero-order valence-electron chi connectivity index (χ0n) is 18.7. The maximum Gasteiger partial charge on any atom is 0.238 e. The highest BCUT2D eigenvalue weighted by molar-refractivity contribution is 6.31. The molecule has 0 saturated carbocycles. The van der Waals surface area contributed by atoms with Gasteiger partial charge in [0.15, 0.2) is 0 Å². The van der Waals surface area contributed by atoms with Crippen LogP contribution in [0.4, 0.5) is 17.2 Å². The molecule has 0 radical (unpaired) electrons. The molecule has 34 heavy (non-hydrogen) atoms. The first-order valence-electron chi connectivity index (χ1n) is 11.0. The number of hydrogen-bond donors (Lipinski definition) is 2. The normalized spacial score (nSPS) is 13.4. The van der Waals surface area contributed by atoms with Crippen molar-refractivity contribution in [3.05, 3.63) is 83.1 Å². The number of carbonyl (C=O) groups excluding carboxylic acids is 1. The summed E-state index contributed by atoms with van der Waals surface area (Å²) in [6.45, 7) is 1.58.